The summed E-state index contributed by atoms with van der Waals surface area (Å²) >= 11 is 0. The molecule has 3 rings (SSSR count). The van der Waals surface area contributed by atoms with Crippen LogP contribution >= 0.6 is 0 Å². The van der Waals surface area contributed by atoms with Gasteiger partial charge in [-0.2, -0.15) is 0 Å². The molecule has 2 heterocycles. The number of aryl methyl sites for hydroxylation is 1. The Hall–Kier alpha value is -2.21. The normalized spacial score (nSPS) is 17.3. The van der Waals surface area contributed by atoms with E-state index in [4.69, 9.17) is 4.74 Å². The molecular weight excluding hydrogens is 306 g/mol. The molecule has 6 heteroatoms. The molecule has 1 fully saturated rings. The molecule has 1 amide bonds. The first-order chi connectivity index (χ1) is 11.7. The Morgan fingerprint density at radius 1 is 1.42 bits per heavy atom. The standard InChI is InChI=1S/C18H23N3O3/c1-2-20(11-14-8-10-24-12-14)17(22)7-9-21-13-19-16-6-4-3-5-15(16)18(21)23/h3-6,13-14H,2,7-12H2,1H3/t14-/m1/s1. The summed E-state index contributed by atoms with van der Waals surface area (Å²) in [5, 5.41) is 0.586. The average molecular weight is 329 g/mol. The fraction of sp³-hybridized carbons (Fsp3) is 0.500. The van der Waals surface area contributed by atoms with Crippen molar-refractivity contribution in [3.05, 3.63) is 40.9 Å². The molecule has 0 saturated carbocycles. The van der Waals surface area contributed by atoms with Crippen molar-refractivity contribution in [2.45, 2.75) is 26.3 Å². The number of para-hydroxylation sites is 1. The second-order valence-electron chi connectivity index (χ2n) is 6.17. The van der Waals surface area contributed by atoms with Gasteiger partial charge in [0.1, 0.15) is 0 Å². The van der Waals surface area contributed by atoms with E-state index in [1.54, 1.807) is 6.07 Å². The van der Waals surface area contributed by atoms with Crippen LogP contribution in [-0.4, -0.2) is 46.7 Å². The molecule has 0 unspecified atom stereocenters. The topological polar surface area (TPSA) is 64.4 Å². The largest absolute Gasteiger partial charge is 0.381 e. The maximum Gasteiger partial charge on any atom is 0.261 e. The van der Waals surface area contributed by atoms with E-state index < -0.39 is 0 Å². The van der Waals surface area contributed by atoms with Crippen molar-refractivity contribution >= 4 is 16.8 Å². The predicted octanol–water partition coefficient (Wildman–Crippen LogP) is 1.67. The quantitative estimate of drug-likeness (QED) is 0.809. The molecule has 1 aliphatic heterocycles. The van der Waals surface area contributed by atoms with E-state index in [1.165, 1.54) is 10.9 Å². The van der Waals surface area contributed by atoms with Crippen molar-refractivity contribution in [2.24, 2.45) is 5.92 Å². The van der Waals surface area contributed by atoms with Gasteiger partial charge in [0, 0.05) is 38.6 Å². The molecule has 1 aromatic heterocycles. The molecule has 128 valence electrons. The SMILES string of the molecule is CCN(C[C@H]1CCOC1)C(=O)CCn1cnc2ccccc2c1=O. The number of amides is 1. The van der Waals surface area contributed by atoms with Gasteiger partial charge in [-0.25, -0.2) is 4.98 Å². The van der Waals surface area contributed by atoms with Crippen LogP contribution < -0.4 is 5.56 Å². The summed E-state index contributed by atoms with van der Waals surface area (Å²) in [6.45, 7) is 5.28. The number of benzene rings is 1. The van der Waals surface area contributed by atoms with Crippen LogP contribution in [0.2, 0.25) is 0 Å². The Bertz CT molecular complexity index is 765. The average Bonchev–Trinajstić information content (AvgIpc) is 3.12. The Morgan fingerprint density at radius 3 is 3.00 bits per heavy atom. The number of nitrogens with zero attached hydrogens (tertiary/aromatic N) is 3. The molecule has 0 N–H and O–H groups in total. The van der Waals surface area contributed by atoms with E-state index in [2.05, 4.69) is 4.98 Å². The molecule has 1 aliphatic rings. The third kappa shape index (κ3) is 3.64. The minimum Gasteiger partial charge on any atom is -0.381 e. The molecule has 1 atom stereocenters. The van der Waals surface area contributed by atoms with E-state index in [-0.39, 0.29) is 11.5 Å². The molecule has 0 aliphatic carbocycles. The molecule has 1 saturated heterocycles. The molecule has 24 heavy (non-hydrogen) atoms. The monoisotopic (exact) mass is 329 g/mol. The van der Waals surface area contributed by atoms with Crippen molar-refractivity contribution < 1.29 is 9.53 Å². The zero-order chi connectivity index (χ0) is 16.9. The van der Waals surface area contributed by atoms with Crippen molar-refractivity contribution in [3.63, 3.8) is 0 Å². The molecule has 1 aromatic carbocycles. The number of fused-ring (bicyclic) bond motifs is 1. The third-order valence-corrected chi connectivity index (χ3v) is 4.54. The van der Waals surface area contributed by atoms with Crippen LogP contribution in [0.3, 0.4) is 0 Å². The number of carbonyl (C=O) groups is 1. The molecule has 0 spiro atoms. The molecule has 2 aromatic rings. The summed E-state index contributed by atoms with van der Waals surface area (Å²) in [6.07, 6.45) is 2.85. The van der Waals surface area contributed by atoms with Gasteiger partial charge in [-0.1, -0.05) is 12.1 Å². The Balaban J connectivity index is 1.64. The summed E-state index contributed by atoms with van der Waals surface area (Å²) in [5.41, 5.74) is 0.585. The van der Waals surface area contributed by atoms with Crippen LogP contribution in [0.4, 0.5) is 0 Å². The fourth-order valence-corrected chi connectivity index (χ4v) is 3.09. The number of aromatic nitrogens is 2. The first kappa shape index (κ1) is 16.6. The highest BCUT2D eigenvalue weighted by Gasteiger charge is 2.21. The number of hydrogen-bond acceptors (Lipinski definition) is 4. The fourth-order valence-electron chi connectivity index (χ4n) is 3.09. The van der Waals surface area contributed by atoms with Gasteiger partial charge in [0.2, 0.25) is 5.91 Å². The lowest BCUT2D eigenvalue weighted by Gasteiger charge is -2.24. The Morgan fingerprint density at radius 2 is 2.25 bits per heavy atom. The van der Waals surface area contributed by atoms with Crippen LogP contribution in [0.25, 0.3) is 10.9 Å². The highest BCUT2D eigenvalue weighted by Crippen LogP contribution is 2.14. The molecule has 0 radical (unpaired) electrons. The number of hydrogen-bond donors (Lipinski definition) is 0. The zero-order valence-electron chi connectivity index (χ0n) is 14.0. The van der Waals surface area contributed by atoms with Crippen LogP contribution in [0.5, 0.6) is 0 Å². The smallest absolute Gasteiger partial charge is 0.261 e. The van der Waals surface area contributed by atoms with Gasteiger partial charge in [-0.15, -0.1) is 0 Å². The van der Waals surface area contributed by atoms with Gasteiger partial charge in [0.25, 0.3) is 5.56 Å². The minimum absolute atomic E-state index is 0.0736. The van der Waals surface area contributed by atoms with Gasteiger partial charge in [-0.3, -0.25) is 14.2 Å². The first-order valence-electron chi connectivity index (χ1n) is 8.48. The van der Waals surface area contributed by atoms with Crippen molar-refractivity contribution in [3.8, 4) is 0 Å². The predicted molar refractivity (Wildman–Crippen MR) is 91.8 cm³/mol. The number of ether oxygens (including phenoxy) is 1. The summed E-state index contributed by atoms with van der Waals surface area (Å²) in [6, 6.07) is 7.26. The highest BCUT2D eigenvalue weighted by molar-refractivity contribution is 5.77. The van der Waals surface area contributed by atoms with E-state index in [9.17, 15) is 9.59 Å². The molecule has 0 bridgehead atoms. The van der Waals surface area contributed by atoms with Crippen LogP contribution in [-0.2, 0) is 16.1 Å². The highest BCUT2D eigenvalue weighted by atomic mass is 16.5. The number of rotatable bonds is 6. The Labute approximate surface area is 141 Å². The lowest BCUT2D eigenvalue weighted by molar-refractivity contribution is -0.131. The van der Waals surface area contributed by atoms with E-state index in [1.807, 2.05) is 30.0 Å². The molecular formula is C18H23N3O3. The Kier molecular flexibility index (Phi) is 5.25. The maximum atomic E-state index is 12.5. The van der Waals surface area contributed by atoms with E-state index >= 15 is 0 Å². The van der Waals surface area contributed by atoms with E-state index in [0.717, 1.165) is 26.2 Å². The lowest BCUT2D eigenvalue weighted by atomic mass is 10.1. The van der Waals surface area contributed by atoms with Crippen LogP contribution in [0.15, 0.2) is 35.4 Å². The second-order valence-corrected chi connectivity index (χ2v) is 6.17. The van der Waals surface area contributed by atoms with Crippen molar-refractivity contribution in [1.82, 2.24) is 14.5 Å². The first-order valence-corrected chi connectivity index (χ1v) is 8.48. The maximum absolute atomic E-state index is 12.5. The summed E-state index contributed by atoms with van der Waals surface area (Å²) in [7, 11) is 0. The van der Waals surface area contributed by atoms with Crippen LogP contribution in [0.1, 0.15) is 19.8 Å². The number of carbonyl (C=O) groups excluding carboxylic acids is 1. The lowest BCUT2D eigenvalue weighted by Crippen LogP contribution is -2.36. The zero-order valence-corrected chi connectivity index (χ0v) is 14.0. The summed E-state index contributed by atoms with van der Waals surface area (Å²) < 4.78 is 6.90. The van der Waals surface area contributed by atoms with Gasteiger partial charge in [0.05, 0.1) is 23.8 Å². The molecule has 6 nitrogen and oxygen atoms in total. The van der Waals surface area contributed by atoms with Gasteiger partial charge >= 0.3 is 0 Å². The second kappa shape index (κ2) is 7.57. The minimum atomic E-state index is -0.0966. The summed E-state index contributed by atoms with van der Waals surface area (Å²) in [5.74, 6) is 0.503. The van der Waals surface area contributed by atoms with Crippen molar-refractivity contribution in [2.75, 3.05) is 26.3 Å². The third-order valence-electron chi connectivity index (χ3n) is 4.54. The van der Waals surface area contributed by atoms with E-state index in [0.29, 0.717) is 36.3 Å². The summed E-state index contributed by atoms with van der Waals surface area (Å²) in [4.78, 5) is 31.0. The van der Waals surface area contributed by atoms with Gasteiger partial charge in [0.15, 0.2) is 0 Å². The van der Waals surface area contributed by atoms with Gasteiger partial charge < -0.3 is 9.64 Å². The van der Waals surface area contributed by atoms with Crippen molar-refractivity contribution in [1.29, 1.82) is 0 Å². The van der Waals surface area contributed by atoms with Crippen LogP contribution in [0, 0.1) is 5.92 Å². The van der Waals surface area contributed by atoms with Gasteiger partial charge in [-0.05, 0) is 25.5 Å².